The molecular weight excluding hydrogens is 727 g/mol. The van der Waals surface area contributed by atoms with E-state index in [1.165, 1.54) is 41.5 Å². The molecule has 3 unspecified atom stereocenters. The van der Waals surface area contributed by atoms with Crippen molar-refractivity contribution < 1.29 is 23.1 Å². The smallest absolute Gasteiger partial charge is 0.270 e. The number of hydrogen-bond acceptors (Lipinski definition) is 3. The number of carbonyl (C=O) groups is 2. The highest BCUT2D eigenvalue weighted by Crippen LogP contribution is 2.35. The number of benzene rings is 2. The average molecular weight is 805 g/mol. The summed E-state index contributed by atoms with van der Waals surface area (Å²) in [6, 6.07) is 12.9. The highest BCUT2D eigenvalue weighted by Gasteiger charge is 2.26. The highest BCUT2D eigenvalue weighted by molar-refractivity contribution is 5.89. The lowest BCUT2D eigenvalue weighted by Crippen LogP contribution is -2.32. The molecule has 7 heteroatoms. The topological polar surface area (TPSA) is 72.6 Å². The number of carbonyl (C=O) groups excluding carboxylic acids is 2. The molecule has 3 atom stereocenters. The zero-order valence-electron chi connectivity index (χ0n) is 38.1. The maximum absolute atomic E-state index is 13.5. The summed E-state index contributed by atoms with van der Waals surface area (Å²) in [4.78, 5) is 25.3. The molecule has 2 amide bonds. The van der Waals surface area contributed by atoms with Gasteiger partial charge in [-0.15, -0.1) is 0 Å². The number of ether oxygens (including phenoxy) is 1. The summed E-state index contributed by atoms with van der Waals surface area (Å²) in [5.41, 5.74) is 11.8. The quantitative estimate of drug-likeness (QED) is 0.0898. The van der Waals surface area contributed by atoms with Gasteiger partial charge in [0.1, 0.15) is 5.75 Å². The predicted molar refractivity (Wildman–Crippen MR) is 246 cm³/mol. The van der Waals surface area contributed by atoms with Gasteiger partial charge in [-0.2, -0.15) is 0 Å². The predicted octanol–water partition coefficient (Wildman–Crippen LogP) is 14.3. The fourth-order valence-electron chi connectivity index (χ4n) is 6.68. The van der Waals surface area contributed by atoms with Crippen molar-refractivity contribution in [2.75, 3.05) is 20.2 Å². The van der Waals surface area contributed by atoms with E-state index in [1.807, 2.05) is 24.8 Å². The van der Waals surface area contributed by atoms with Crippen molar-refractivity contribution >= 4 is 23.5 Å². The number of hydrogen-bond donors (Lipinski definition) is 1. The van der Waals surface area contributed by atoms with Crippen LogP contribution in [0.3, 0.4) is 0 Å². The van der Waals surface area contributed by atoms with Crippen LogP contribution in [0.25, 0.3) is 11.6 Å². The van der Waals surface area contributed by atoms with Crippen LogP contribution in [0, 0.1) is 11.8 Å². The number of rotatable bonds is 23. The van der Waals surface area contributed by atoms with Crippen molar-refractivity contribution in [2.24, 2.45) is 17.6 Å². The molecule has 0 bridgehead atoms. The lowest BCUT2D eigenvalue weighted by atomic mass is 9.83. The summed E-state index contributed by atoms with van der Waals surface area (Å²) in [5.74, 6) is -1.63. The molecule has 0 heterocycles. The molecule has 58 heavy (non-hydrogen) atoms. The molecule has 2 N–H and O–H groups in total. The number of primary amides is 1. The van der Waals surface area contributed by atoms with Crippen LogP contribution in [0.5, 0.6) is 5.75 Å². The summed E-state index contributed by atoms with van der Waals surface area (Å²) in [6.45, 7) is 29.4. The number of nitrogens with zero attached hydrogens (tertiary/aromatic N) is 1. The molecule has 324 valence electrons. The van der Waals surface area contributed by atoms with Crippen LogP contribution < -0.4 is 10.5 Å². The van der Waals surface area contributed by atoms with E-state index in [0.717, 1.165) is 64.7 Å². The van der Waals surface area contributed by atoms with Crippen LogP contribution in [0.2, 0.25) is 0 Å². The third kappa shape index (κ3) is 20.4. The number of nitrogens with two attached hydrogens (primary N) is 1. The molecule has 0 aliphatic rings. The van der Waals surface area contributed by atoms with Gasteiger partial charge in [-0.25, -0.2) is 8.78 Å². The molecule has 5 nitrogen and oxygen atoms in total. The van der Waals surface area contributed by atoms with Gasteiger partial charge in [-0.3, -0.25) is 9.59 Å². The van der Waals surface area contributed by atoms with Crippen LogP contribution in [0.1, 0.15) is 162 Å². The SMILES string of the molecule is C=C(CC(=O)N(CCC)CCC)c1ccc(C(C)(F)F)cc1OC.C=Cc1ccc(C(C)C(C)C(/C=C\CC)=C/C)cc1.CC/C=C(\C)CCCC(CCC)C(N)=O. The van der Waals surface area contributed by atoms with Crippen molar-refractivity contribution in [3.63, 3.8) is 0 Å². The largest absolute Gasteiger partial charge is 0.496 e. The van der Waals surface area contributed by atoms with Crippen molar-refractivity contribution in [1.82, 2.24) is 4.90 Å². The van der Waals surface area contributed by atoms with Gasteiger partial charge in [0.05, 0.1) is 13.5 Å². The third-order valence-corrected chi connectivity index (χ3v) is 10.4. The maximum atomic E-state index is 13.5. The molecule has 0 spiro atoms. The van der Waals surface area contributed by atoms with Crippen LogP contribution in [-0.4, -0.2) is 36.9 Å². The Morgan fingerprint density at radius 2 is 1.57 bits per heavy atom. The van der Waals surface area contributed by atoms with Crippen molar-refractivity contribution in [3.05, 3.63) is 113 Å². The minimum Gasteiger partial charge on any atom is -0.496 e. The Bertz CT molecular complexity index is 1590. The minimum atomic E-state index is -2.94. The second kappa shape index (κ2) is 29.9. The molecule has 0 aliphatic heterocycles. The normalized spacial score (nSPS) is 13.3. The first-order valence-electron chi connectivity index (χ1n) is 21.5. The summed E-state index contributed by atoms with van der Waals surface area (Å²) in [7, 11) is 1.42. The fraction of sp³-hybridized carbons (Fsp3) is 0.529. The standard InChI is InChI=1S/C19H27F2NO2.C19H26.C13H25NO/c1-6-10-22(11-7-2)18(23)12-14(3)16-9-8-15(19(4,20)21)13-17(16)24-5;1-6-9-10-18(8-3)15(4)16(5)19-13-11-17(7-2)12-14-19;1-4-7-11(3)9-6-10-12(8-5-2)13(14)15/h8-9,13H,3,6-7,10-12H2,1-2,4-5H3;7-16H,2,6H2,1,3-5H3;7,12H,4-6,8-10H2,1-3H3,(H2,14,15)/b;10-9-,18-8+;11-7+. The van der Waals surface area contributed by atoms with Crippen LogP contribution in [-0.2, 0) is 15.5 Å². The lowest BCUT2D eigenvalue weighted by Gasteiger charge is -2.22. The summed E-state index contributed by atoms with van der Waals surface area (Å²) in [6.07, 6.45) is 20.1. The molecule has 0 saturated carbocycles. The van der Waals surface area contributed by atoms with E-state index >= 15 is 0 Å². The molecule has 0 fully saturated rings. The van der Waals surface area contributed by atoms with Crippen molar-refractivity contribution in [2.45, 2.75) is 145 Å². The number of halogens is 2. The first-order chi connectivity index (χ1) is 27.5. The number of alkyl halides is 2. The summed E-state index contributed by atoms with van der Waals surface area (Å²) in [5, 5.41) is 0. The average Bonchev–Trinajstić information content (AvgIpc) is 3.20. The van der Waals surface area contributed by atoms with Gasteiger partial charge in [0.2, 0.25) is 11.8 Å². The number of methoxy groups -OCH3 is 1. The monoisotopic (exact) mass is 805 g/mol. The summed E-state index contributed by atoms with van der Waals surface area (Å²) < 4.78 is 32.1. The zero-order chi connectivity index (χ0) is 44.3. The van der Waals surface area contributed by atoms with Crippen LogP contribution in [0.15, 0.2) is 91.1 Å². The Kier molecular flexibility index (Phi) is 27.7. The number of allylic oxidation sites excluding steroid dienone is 6. The second-order valence-corrected chi connectivity index (χ2v) is 15.3. The first kappa shape index (κ1) is 53.7. The van der Waals surface area contributed by atoms with E-state index in [1.54, 1.807) is 6.07 Å². The van der Waals surface area contributed by atoms with Crippen LogP contribution >= 0.6 is 0 Å². The summed E-state index contributed by atoms with van der Waals surface area (Å²) >= 11 is 0. The Morgan fingerprint density at radius 3 is 2.03 bits per heavy atom. The zero-order valence-corrected chi connectivity index (χ0v) is 38.1. The van der Waals surface area contributed by atoms with Gasteiger partial charge in [0.15, 0.2) is 0 Å². The van der Waals surface area contributed by atoms with E-state index in [0.29, 0.717) is 41.8 Å². The molecule has 2 rings (SSSR count). The van der Waals surface area contributed by atoms with Gasteiger partial charge < -0.3 is 15.4 Å². The minimum absolute atomic E-state index is 0.00403. The van der Waals surface area contributed by atoms with E-state index in [2.05, 4.69) is 110 Å². The lowest BCUT2D eigenvalue weighted by molar-refractivity contribution is -0.130. The molecule has 0 radical (unpaired) electrons. The third-order valence-electron chi connectivity index (χ3n) is 10.4. The van der Waals surface area contributed by atoms with Gasteiger partial charge in [0.25, 0.3) is 5.92 Å². The molecule has 0 aliphatic carbocycles. The molecule has 0 saturated heterocycles. The molecule has 0 aromatic heterocycles. The van der Waals surface area contributed by atoms with E-state index in [9.17, 15) is 18.4 Å². The van der Waals surface area contributed by atoms with Gasteiger partial charge in [0, 0.05) is 37.1 Å². The second-order valence-electron chi connectivity index (χ2n) is 15.3. The molecular formula is C51H78F2N2O3. The van der Waals surface area contributed by atoms with Crippen molar-refractivity contribution in [1.29, 1.82) is 0 Å². The van der Waals surface area contributed by atoms with E-state index < -0.39 is 5.92 Å². The fourth-order valence-corrected chi connectivity index (χ4v) is 6.68. The Morgan fingerprint density at radius 1 is 0.948 bits per heavy atom. The Labute approximate surface area is 352 Å². The van der Waals surface area contributed by atoms with Gasteiger partial charge in [-0.05, 0) is 105 Å². The molecule has 2 aromatic carbocycles. The van der Waals surface area contributed by atoms with Crippen molar-refractivity contribution in [3.8, 4) is 5.75 Å². The Hall–Kier alpha value is -4.26. The van der Waals surface area contributed by atoms with Gasteiger partial charge >= 0.3 is 0 Å². The van der Waals surface area contributed by atoms with E-state index in [-0.39, 0.29) is 29.7 Å². The Balaban J connectivity index is 0.000000866. The molecule has 2 aromatic rings. The van der Waals surface area contributed by atoms with Gasteiger partial charge in [-0.1, -0.05) is 140 Å². The number of amides is 2. The first-order valence-corrected chi connectivity index (χ1v) is 21.5. The van der Waals surface area contributed by atoms with E-state index in [4.69, 9.17) is 10.5 Å². The maximum Gasteiger partial charge on any atom is 0.270 e. The van der Waals surface area contributed by atoms with Crippen LogP contribution in [0.4, 0.5) is 8.78 Å². The highest BCUT2D eigenvalue weighted by atomic mass is 19.3.